The second-order valence-electron chi connectivity index (χ2n) is 6.76. The van der Waals surface area contributed by atoms with Crippen LogP contribution in [0.2, 0.25) is 0 Å². The first-order valence-electron chi connectivity index (χ1n) is 9.33. The van der Waals surface area contributed by atoms with Crippen molar-refractivity contribution >= 4 is 11.6 Å². The van der Waals surface area contributed by atoms with Crippen molar-refractivity contribution < 1.29 is 9.18 Å². The molecule has 2 aromatic carbocycles. The van der Waals surface area contributed by atoms with E-state index in [0.717, 1.165) is 35.3 Å². The van der Waals surface area contributed by atoms with Crippen LogP contribution in [-0.4, -0.2) is 24.0 Å². The normalized spacial score (nSPS) is 10.6. The molecule has 0 aliphatic heterocycles. The highest BCUT2D eigenvalue weighted by atomic mass is 19.1. The zero-order valence-corrected chi connectivity index (χ0v) is 15.9. The molecule has 1 amide bonds. The average molecular weight is 377 g/mol. The summed E-state index contributed by atoms with van der Waals surface area (Å²) in [7, 11) is 0. The smallest absolute Gasteiger partial charge is 0.236 e. The number of carbonyl (C=O) groups excluding carboxylic acids is 1. The van der Waals surface area contributed by atoms with E-state index in [2.05, 4.69) is 17.1 Å². The number of hydrogen-bond acceptors (Lipinski definition) is 3. The van der Waals surface area contributed by atoms with Crippen molar-refractivity contribution in [3.05, 3.63) is 83.9 Å². The Bertz CT molecular complexity index is 926. The number of aromatic nitrogens is 1. The van der Waals surface area contributed by atoms with Crippen molar-refractivity contribution in [2.45, 2.75) is 19.8 Å². The van der Waals surface area contributed by atoms with Crippen molar-refractivity contribution in [3.8, 4) is 11.1 Å². The van der Waals surface area contributed by atoms with Gasteiger partial charge in [0.25, 0.3) is 0 Å². The van der Waals surface area contributed by atoms with Gasteiger partial charge in [0.1, 0.15) is 5.82 Å². The highest BCUT2D eigenvalue weighted by Crippen LogP contribution is 2.27. The molecule has 0 spiro atoms. The number of carbonyl (C=O) groups is 1. The van der Waals surface area contributed by atoms with Crippen molar-refractivity contribution in [2.24, 2.45) is 5.73 Å². The van der Waals surface area contributed by atoms with E-state index in [9.17, 15) is 9.18 Å². The predicted molar refractivity (Wildman–Crippen MR) is 111 cm³/mol. The van der Waals surface area contributed by atoms with Crippen LogP contribution in [0, 0.1) is 12.7 Å². The zero-order chi connectivity index (χ0) is 19.9. The molecular weight excluding hydrogens is 353 g/mol. The quantitative estimate of drug-likeness (QED) is 0.642. The van der Waals surface area contributed by atoms with Crippen LogP contribution in [0.15, 0.2) is 66.9 Å². The van der Waals surface area contributed by atoms with Crippen LogP contribution in [0.3, 0.4) is 0 Å². The lowest BCUT2D eigenvalue weighted by Crippen LogP contribution is -2.34. The standard InChI is InChI=1S/C23H24FN3O/c1-17-23(18-6-3-2-4-7-18)19(13-14-26-17)8-5-15-27(16-22(25)28)21-11-9-20(24)10-12-21/h2-4,6-7,9-14H,5,8,15-16H2,1H3,(H2,25,28). The van der Waals surface area contributed by atoms with Gasteiger partial charge in [-0.1, -0.05) is 30.3 Å². The van der Waals surface area contributed by atoms with Crippen molar-refractivity contribution in [1.29, 1.82) is 0 Å². The number of benzene rings is 2. The Balaban J connectivity index is 1.75. The largest absolute Gasteiger partial charge is 0.368 e. The molecule has 0 aliphatic carbocycles. The van der Waals surface area contributed by atoms with Crippen LogP contribution in [0.5, 0.6) is 0 Å². The molecule has 3 rings (SSSR count). The lowest BCUT2D eigenvalue weighted by Gasteiger charge is -2.23. The molecule has 0 aliphatic rings. The number of rotatable bonds is 8. The molecule has 2 N–H and O–H groups in total. The van der Waals surface area contributed by atoms with Gasteiger partial charge in [-0.05, 0) is 61.2 Å². The molecule has 0 radical (unpaired) electrons. The second kappa shape index (κ2) is 9.13. The van der Waals surface area contributed by atoms with Gasteiger partial charge in [0.05, 0.1) is 6.54 Å². The molecular formula is C23H24FN3O. The van der Waals surface area contributed by atoms with E-state index in [1.165, 1.54) is 17.7 Å². The first kappa shape index (κ1) is 19.5. The lowest BCUT2D eigenvalue weighted by molar-refractivity contribution is -0.116. The van der Waals surface area contributed by atoms with Crippen LogP contribution in [0.1, 0.15) is 17.7 Å². The molecule has 1 aromatic heterocycles. The van der Waals surface area contributed by atoms with Crippen LogP contribution < -0.4 is 10.6 Å². The molecule has 0 saturated carbocycles. The molecule has 0 saturated heterocycles. The van der Waals surface area contributed by atoms with Crippen molar-refractivity contribution in [3.63, 3.8) is 0 Å². The molecule has 0 atom stereocenters. The van der Waals surface area contributed by atoms with Crippen LogP contribution in [0.4, 0.5) is 10.1 Å². The molecule has 1 heterocycles. The summed E-state index contributed by atoms with van der Waals surface area (Å²) in [4.78, 5) is 17.8. The van der Waals surface area contributed by atoms with Crippen LogP contribution in [-0.2, 0) is 11.2 Å². The summed E-state index contributed by atoms with van der Waals surface area (Å²) in [5.74, 6) is -0.711. The molecule has 144 valence electrons. The van der Waals surface area contributed by atoms with Crippen LogP contribution >= 0.6 is 0 Å². The number of pyridine rings is 1. The summed E-state index contributed by atoms with van der Waals surface area (Å²) in [6.45, 7) is 2.76. The van der Waals surface area contributed by atoms with Gasteiger partial charge in [0, 0.05) is 29.7 Å². The second-order valence-corrected chi connectivity index (χ2v) is 6.76. The fraction of sp³-hybridized carbons (Fsp3) is 0.217. The van der Waals surface area contributed by atoms with E-state index in [1.807, 2.05) is 42.3 Å². The predicted octanol–water partition coefficient (Wildman–Crippen LogP) is 4.12. The monoisotopic (exact) mass is 377 g/mol. The van der Waals surface area contributed by atoms with E-state index in [4.69, 9.17) is 5.73 Å². The van der Waals surface area contributed by atoms with Gasteiger partial charge >= 0.3 is 0 Å². The maximum Gasteiger partial charge on any atom is 0.236 e. The summed E-state index contributed by atoms with van der Waals surface area (Å²) in [6.07, 6.45) is 3.50. The van der Waals surface area contributed by atoms with E-state index in [1.54, 1.807) is 12.1 Å². The minimum Gasteiger partial charge on any atom is -0.368 e. The first-order valence-corrected chi connectivity index (χ1v) is 9.33. The Hall–Kier alpha value is -3.21. The molecule has 4 nitrogen and oxygen atoms in total. The molecule has 5 heteroatoms. The number of primary amides is 1. The maximum atomic E-state index is 13.2. The summed E-state index contributed by atoms with van der Waals surface area (Å²) in [6, 6.07) is 18.4. The summed E-state index contributed by atoms with van der Waals surface area (Å²) < 4.78 is 13.2. The third kappa shape index (κ3) is 4.94. The Morgan fingerprint density at radius 1 is 1.07 bits per heavy atom. The Labute approximate surface area is 164 Å². The number of aryl methyl sites for hydroxylation is 2. The maximum absolute atomic E-state index is 13.2. The fourth-order valence-electron chi connectivity index (χ4n) is 3.43. The molecule has 0 unspecified atom stereocenters. The molecule has 28 heavy (non-hydrogen) atoms. The number of amides is 1. The van der Waals surface area contributed by atoms with Gasteiger partial charge in [-0.15, -0.1) is 0 Å². The van der Waals surface area contributed by atoms with Gasteiger partial charge in [0.15, 0.2) is 0 Å². The summed E-state index contributed by atoms with van der Waals surface area (Å²) >= 11 is 0. The van der Waals surface area contributed by atoms with E-state index in [-0.39, 0.29) is 12.4 Å². The number of nitrogens with two attached hydrogens (primary N) is 1. The highest BCUT2D eigenvalue weighted by Gasteiger charge is 2.12. The Kier molecular flexibility index (Phi) is 6.37. The SMILES string of the molecule is Cc1nccc(CCCN(CC(N)=O)c2ccc(F)cc2)c1-c1ccccc1. The number of hydrogen-bond donors (Lipinski definition) is 1. The van der Waals surface area contributed by atoms with Gasteiger partial charge in [-0.25, -0.2) is 4.39 Å². The van der Waals surface area contributed by atoms with Gasteiger partial charge in [0.2, 0.25) is 5.91 Å². The minimum atomic E-state index is -0.408. The highest BCUT2D eigenvalue weighted by molar-refractivity contribution is 5.79. The van der Waals surface area contributed by atoms with Crippen molar-refractivity contribution in [1.82, 2.24) is 4.98 Å². The van der Waals surface area contributed by atoms with Crippen LogP contribution in [0.25, 0.3) is 11.1 Å². The van der Waals surface area contributed by atoms with E-state index < -0.39 is 5.91 Å². The number of nitrogens with zero attached hydrogens (tertiary/aromatic N) is 2. The number of halogens is 1. The van der Waals surface area contributed by atoms with Gasteiger partial charge in [-0.2, -0.15) is 0 Å². The third-order valence-electron chi connectivity index (χ3n) is 4.70. The van der Waals surface area contributed by atoms with E-state index >= 15 is 0 Å². The molecule has 0 bridgehead atoms. The topological polar surface area (TPSA) is 59.2 Å². The third-order valence-corrected chi connectivity index (χ3v) is 4.70. The Morgan fingerprint density at radius 3 is 2.46 bits per heavy atom. The molecule has 3 aromatic rings. The molecule has 0 fully saturated rings. The lowest BCUT2D eigenvalue weighted by atomic mass is 9.96. The van der Waals surface area contributed by atoms with Gasteiger partial charge in [-0.3, -0.25) is 9.78 Å². The summed E-state index contributed by atoms with van der Waals surface area (Å²) in [5, 5.41) is 0. The fourth-order valence-corrected chi connectivity index (χ4v) is 3.43. The van der Waals surface area contributed by atoms with E-state index in [0.29, 0.717) is 6.54 Å². The van der Waals surface area contributed by atoms with Gasteiger partial charge < -0.3 is 10.6 Å². The summed E-state index contributed by atoms with van der Waals surface area (Å²) in [5.41, 5.74) is 10.7. The minimum absolute atomic E-state index is 0.104. The zero-order valence-electron chi connectivity index (χ0n) is 15.9. The number of anilines is 1. The average Bonchev–Trinajstić information content (AvgIpc) is 2.68. The first-order chi connectivity index (χ1) is 13.5. The van der Waals surface area contributed by atoms with Crippen molar-refractivity contribution in [2.75, 3.05) is 18.0 Å². The Morgan fingerprint density at radius 2 is 1.79 bits per heavy atom.